The van der Waals surface area contributed by atoms with Gasteiger partial charge < -0.3 is 18.6 Å². The van der Waals surface area contributed by atoms with Crippen LogP contribution in [0.15, 0.2) is 60.7 Å². The maximum absolute atomic E-state index is 6.57. The van der Waals surface area contributed by atoms with E-state index in [4.69, 9.17) is 18.6 Å². The highest BCUT2D eigenvalue weighted by molar-refractivity contribution is 6.82. The molecule has 4 nitrogen and oxygen atoms in total. The van der Waals surface area contributed by atoms with Crippen LogP contribution in [-0.4, -0.2) is 38.7 Å². The highest BCUT2D eigenvalue weighted by Crippen LogP contribution is 2.41. The summed E-state index contributed by atoms with van der Waals surface area (Å²) in [4.78, 5) is 0. The van der Waals surface area contributed by atoms with Crippen LogP contribution in [0.2, 0.25) is 0 Å². The van der Waals surface area contributed by atoms with Crippen LogP contribution >= 0.6 is 0 Å². The van der Waals surface area contributed by atoms with E-state index >= 15 is 0 Å². The van der Waals surface area contributed by atoms with Crippen molar-refractivity contribution in [3.63, 3.8) is 0 Å². The van der Waals surface area contributed by atoms with Crippen molar-refractivity contribution >= 4 is 25.2 Å². The highest BCUT2D eigenvalue weighted by atomic mass is 16.7. The lowest BCUT2D eigenvalue weighted by atomic mass is 9.60. The molecule has 6 heteroatoms. The van der Waals surface area contributed by atoms with Gasteiger partial charge in [0, 0.05) is 0 Å². The molecule has 6 rings (SSSR count). The van der Waals surface area contributed by atoms with Gasteiger partial charge in [0.15, 0.2) is 0 Å². The topological polar surface area (TPSA) is 36.9 Å². The molecule has 2 saturated heterocycles. The second kappa shape index (κ2) is 9.18. The summed E-state index contributed by atoms with van der Waals surface area (Å²) in [5.74, 6) is 0. The van der Waals surface area contributed by atoms with Crippen molar-refractivity contribution in [2.75, 3.05) is 0 Å². The van der Waals surface area contributed by atoms with E-state index in [1.54, 1.807) is 0 Å². The Balaban J connectivity index is 1.47. The molecule has 4 aliphatic rings. The lowest BCUT2D eigenvalue weighted by Crippen LogP contribution is -2.27. The van der Waals surface area contributed by atoms with Crippen LogP contribution in [0.5, 0.6) is 0 Å². The minimum absolute atomic E-state index is 0.178. The Morgan fingerprint density at radius 3 is 1.12 bits per heavy atom. The third-order valence-corrected chi connectivity index (χ3v) is 7.41. The van der Waals surface area contributed by atoms with Gasteiger partial charge in [0.05, 0.1) is 24.4 Å². The molecular weight excluding hydrogens is 398 g/mol. The van der Waals surface area contributed by atoms with Crippen LogP contribution in [-0.2, 0) is 18.6 Å². The Bertz CT molecular complexity index is 845. The molecular formula is C26H30B2O4. The predicted octanol–water partition coefficient (Wildman–Crippen LogP) is 5.37. The molecule has 0 amide bonds. The summed E-state index contributed by atoms with van der Waals surface area (Å²) >= 11 is 0. The molecule has 0 aromatic heterocycles. The molecule has 0 spiro atoms. The third kappa shape index (κ3) is 3.99. The van der Waals surface area contributed by atoms with E-state index in [0.717, 1.165) is 47.8 Å². The van der Waals surface area contributed by atoms with Gasteiger partial charge in [-0.1, -0.05) is 86.3 Å². The van der Waals surface area contributed by atoms with Gasteiger partial charge in [-0.2, -0.15) is 0 Å². The molecule has 0 unspecified atom stereocenters. The van der Waals surface area contributed by atoms with E-state index in [1.807, 2.05) is 0 Å². The lowest BCUT2D eigenvalue weighted by Gasteiger charge is -2.22. The van der Waals surface area contributed by atoms with Crippen LogP contribution in [0, 0.1) is 0 Å². The molecule has 2 aliphatic heterocycles. The van der Waals surface area contributed by atoms with E-state index < -0.39 is 14.2 Å². The number of rotatable bonds is 4. The second-order valence-electron chi connectivity index (χ2n) is 9.49. The van der Waals surface area contributed by atoms with Gasteiger partial charge in [-0.05, 0) is 47.8 Å². The summed E-state index contributed by atoms with van der Waals surface area (Å²) < 4.78 is 26.3. The van der Waals surface area contributed by atoms with Gasteiger partial charge >= 0.3 is 14.2 Å². The first-order valence-electron chi connectivity index (χ1n) is 12.3. The lowest BCUT2D eigenvalue weighted by molar-refractivity contribution is 0.110. The zero-order valence-corrected chi connectivity index (χ0v) is 18.5. The number of fused-ring (bicyclic) bond motifs is 2. The Kier molecular flexibility index (Phi) is 5.95. The molecule has 2 aliphatic carbocycles. The first-order chi connectivity index (χ1) is 15.9. The Morgan fingerprint density at radius 1 is 0.500 bits per heavy atom. The smallest absolute Gasteiger partial charge is 0.402 e. The van der Waals surface area contributed by atoms with E-state index in [2.05, 4.69) is 60.7 Å². The van der Waals surface area contributed by atoms with Crippen LogP contribution in [0.4, 0.5) is 0 Å². The fourth-order valence-electron chi connectivity index (χ4n) is 5.79. The molecule has 2 aromatic rings. The average Bonchev–Trinajstić information content (AvgIpc) is 3.47. The van der Waals surface area contributed by atoms with E-state index in [0.29, 0.717) is 0 Å². The van der Waals surface area contributed by atoms with Crippen LogP contribution < -0.4 is 0 Å². The molecule has 2 aromatic carbocycles. The zero-order chi connectivity index (χ0) is 21.3. The first-order valence-corrected chi connectivity index (χ1v) is 12.3. The molecule has 4 atom stereocenters. The minimum atomic E-state index is -0.407. The van der Waals surface area contributed by atoms with Gasteiger partial charge in [-0.25, -0.2) is 0 Å². The molecule has 0 bridgehead atoms. The Morgan fingerprint density at radius 2 is 0.812 bits per heavy atom. The molecule has 2 saturated carbocycles. The molecule has 0 N–H and O–H groups in total. The average molecular weight is 428 g/mol. The van der Waals surface area contributed by atoms with E-state index in [-0.39, 0.29) is 24.4 Å². The zero-order valence-electron chi connectivity index (χ0n) is 18.5. The maximum atomic E-state index is 6.57. The third-order valence-electron chi connectivity index (χ3n) is 7.41. The van der Waals surface area contributed by atoms with Crippen molar-refractivity contribution in [2.45, 2.75) is 75.8 Å². The van der Waals surface area contributed by atoms with Gasteiger partial charge in [0.1, 0.15) is 0 Å². The van der Waals surface area contributed by atoms with Crippen molar-refractivity contribution in [2.24, 2.45) is 0 Å². The Hall–Kier alpha value is -1.85. The number of hydrogen-bond donors (Lipinski definition) is 0. The highest BCUT2D eigenvalue weighted by Gasteiger charge is 2.49. The van der Waals surface area contributed by atoms with Crippen LogP contribution in [0.3, 0.4) is 0 Å². The maximum Gasteiger partial charge on any atom is 0.494 e. The Labute approximate surface area is 191 Å². The quantitative estimate of drug-likeness (QED) is 0.485. The normalized spacial score (nSPS) is 30.6. The first kappa shape index (κ1) is 20.7. The fraction of sp³-hybridized carbons (Fsp3) is 0.462. The summed E-state index contributed by atoms with van der Waals surface area (Å²) in [5.41, 5.74) is 4.32. The van der Waals surface area contributed by atoms with Crippen LogP contribution in [0.25, 0.3) is 10.9 Å². The predicted molar refractivity (Wildman–Crippen MR) is 128 cm³/mol. The van der Waals surface area contributed by atoms with Gasteiger partial charge in [0.25, 0.3) is 0 Å². The van der Waals surface area contributed by atoms with Gasteiger partial charge in [-0.15, -0.1) is 0 Å². The standard InChI is InChI=1S/C26H30B2O4/c1-3-11-19(12-4-1)25(27-29-21-15-7-8-16-22(21)30-27)26(20-13-5-2-6-14-20)28-31-23-17-9-10-18-24(23)32-28/h1-6,11-14,21-24H,7-10,15-18H2/b26-25-/t21-,22+,23-,24+. The molecule has 164 valence electrons. The summed E-state index contributed by atoms with van der Waals surface area (Å²) in [5, 5.41) is 0. The van der Waals surface area contributed by atoms with Gasteiger partial charge in [0.2, 0.25) is 0 Å². The van der Waals surface area contributed by atoms with E-state index in [9.17, 15) is 0 Å². The fourth-order valence-corrected chi connectivity index (χ4v) is 5.79. The van der Waals surface area contributed by atoms with E-state index in [1.165, 1.54) is 25.7 Å². The van der Waals surface area contributed by atoms with Crippen molar-refractivity contribution in [1.29, 1.82) is 0 Å². The summed E-state index contributed by atoms with van der Waals surface area (Å²) in [7, 11) is -0.814. The molecule has 4 fully saturated rings. The molecule has 2 heterocycles. The summed E-state index contributed by atoms with van der Waals surface area (Å²) in [6, 6.07) is 21.0. The summed E-state index contributed by atoms with van der Waals surface area (Å²) in [6.07, 6.45) is 9.86. The summed E-state index contributed by atoms with van der Waals surface area (Å²) in [6.45, 7) is 0. The SMILES string of the molecule is c1ccc(/C(B2O[C@H]3CCCC[C@H]3O2)=C(/B2O[C@H]3CCCC[C@H]3O2)c2ccccc2)cc1. The monoisotopic (exact) mass is 428 g/mol. The van der Waals surface area contributed by atoms with Gasteiger partial charge in [-0.3, -0.25) is 0 Å². The number of benzene rings is 2. The second-order valence-corrected chi connectivity index (χ2v) is 9.49. The molecule has 0 radical (unpaired) electrons. The van der Waals surface area contributed by atoms with Crippen molar-refractivity contribution in [3.8, 4) is 0 Å². The van der Waals surface area contributed by atoms with Crippen LogP contribution in [0.1, 0.15) is 62.5 Å². The minimum Gasteiger partial charge on any atom is -0.402 e. The van der Waals surface area contributed by atoms with Crippen molar-refractivity contribution in [1.82, 2.24) is 0 Å². The largest absolute Gasteiger partial charge is 0.494 e. The number of hydrogen-bond acceptors (Lipinski definition) is 4. The molecule has 32 heavy (non-hydrogen) atoms. The van der Waals surface area contributed by atoms with Crippen molar-refractivity contribution in [3.05, 3.63) is 71.8 Å². The van der Waals surface area contributed by atoms with Crippen molar-refractivity contribution < 1.29 is 18.6 Å².